The van der Waals surface area contributed by atoms with E-state index < -0.39 is 0 Å². The maximum atomic E-state index is 12.1. The van der Waals surface area contributed by atoms with Crippen molar-refractivity contribution >= 4 is 134 Å². The first-order valence-electron chi connectivity index (χ1n) is 23.3. The van der Waals surface area contributed by atoms with Crippen LogP contribution in [0.5, 0.6) is 0 Å². The number of thiophene rings is 2. The SMILES string of the molecule is [C-]#[N+]c1c(-c2ccccc2)c(C#N)c(-n2c3cc(C)ccc3c3ccc4c5ccccc5oc4c32)c(-c2ccccc2)c1-n1c2c(ccc3c4ccccc4sc32)c2ccc3c4ccccc4sc3c21. The average Bonchev–Trinajstić information content (AvgIpc) is 4.23. The average molecular weight is 927 g/mol. The van der Waals surface area contributed by atoms with Gasteiger partial charge in [0, 0.05) is 74.4 Å². The van der Waals surface area contributed by atoms with Crippen LogP contribution in [0.3, 0.4) is 0 Å². The Morgan fingerprint density at radius 2 is 1.00 bits per heavy atom. The first-order chi connectivity index (χ1) is 34.6. The second-order valence-corrected chi connectivity index (χ2v) is 20.2. The van der Waals surface area contributed by atoms with Crippen molar-refractivity contribution in [1.29, 1.82) is 5.26 Å². The van der Waals surface area contributed by atoms with Crippen LogP contribution in [0.1, 0.15) is 11.1 Å². The van der Waals surface area contributed by atoms with Crippen LogP contribution >= 0.6 is 22.7 Å². The molecular weight excluding hydrogens is 893 g/mol. The summed E-state index contributed by atoms with van der Waals surface area (Å²) in [6.45, 7) is 11.6. The van der Waals surface area contributed by atoms with E-state index in [1.54, 1.807) is 22.7 Å². The van der Waals surface area contributed by atoms with E-state index in [0.29, 0.717) is 22.5 Å². The summed E-state index contributed by atoms with van der Waals surface area (Å²) in [4.78, 5) is 4.65. The van der Waals surface area contributed by atoms with Crippen molar-refractivity contribution in [3.05, 3.63) is 211 Å². The molecule has 0 N–H and O–H groups in total. The second-order valence-electron chi connectivity index (χ2n) is 18.1. The van der Waals surface area contributed by atoms with Crippen molar-refractivity contribution < 1.29 is 4.42 Å². The maximum absolute atomic E-state index is 12.1. The minimum atomic E-state index is 0.409. The van der Waals surface area contributed by atoms with Crippen LogP contribution < -0.4 is 0 Å². The molecular formula is C63H34N4OS2. The standard InChI is InChI=1S/C63H34N4OS2/c1-35-25-26-38-42-27-30-45-39-19-9-12-22-50(39)68-61(45)57(42)66(49(38)33-35)56-48(34-64)53(36-15-5-3-6-16-36)55(65-2)60(54(56)37-17-7-4-8-18-37)67-58-43(28-31-46-40-20-10-13-23-51(40)69-62(46)58)44-29-32-47-41-21-11-14-24-52(41)70-63(47)59(44)67/h3-33H,1H3. The lowest BCUT2D eigenvalue weighted by Crippen LogP contribution is -2.09. The Labute approximate surface area is 407 Å². The van der Waals surface area contributed by atoms with Crippen molar-refractivity contribution in [3.63, 3.8) is 0 Å². The first-order valence-corrected chi connectivity index (χ1v) is 24.9. The van der Waals surface area contributed by atoms with Gasteiger partial charge in [0.15, 0.2) is 5.58 Å². The molecule has 0 aliphatic rings. The lowest BCUT2D eigenvalue weighted by molar-refractivity contribution is 0.671. The quantitative estimate of drug-likeness (QED) is 0.165. The summed E-state index contributed by atoms with van der Waals surface area (Å²) in [5, 5.41) is 23.1. The maximum Gasteiger partial charge on any atom is 0.220 e. The zero-order chi connectivity index (χ0) is 46.4. The van der Waals surface area contributed by atoms with E-state index in [2.05, 4.69) is 166 Å². The summed E-state index contributed by atoms with van der Waals surface area (Å²) in [7, 11) is 0. The summed E-state index contributed by atoms with van der Waals surface area (Å²) in [5.41, 5.74) is 11.8. The molecule has 7 heteroatoms. The minimum absolute atomic E-state index is 0.409. The van der Waals surface area contributed by atoms with Crippen molar-refractivity contribution in [2.75, 3.05) is 0 Å². The smallest absolute Gasteiger partial charge is 0.220 e. The molecule has 0 unspecified atom stereocenters. The van der Waals surface area contributed by atoms with Gasteiger partial charge in [-0.1, -0.05) is 158 Å². The van der Waals surface area contributed by atoms with Crippen LogP contribution in [-0.4, -0.2) is 9.13 Å². The number of fused-ring (bicyclic) bond motifs is 18. The van der Waals surface area contributed by atoms with E-state index in [1.807, 2.05) is 48.5 Å². The number of hydrogen-bond acceptors (Lipinski definition) is 4. The van der Waals surface area contributed by atoms with E-state index in [4.69, 9.17) is 4.42 Å². The predicted octanol–water partition coefficient (Wildman–Crippen LogP) is 18.6. The zero-order valence-corrected chi connectivity index (χ0v) is 39.0. The van der Waals surface area contributed by atoms with Gasteiger partial charge in [-0.2, -0.15) is 5.26 Å². The molecule has 324 valence electrons. The molecule has 0 fully saturated rings. The highest BCUT2D eigenvalue weighted by Crippen LogP contribution is 2.55. The molecule has 15 rings (SSSR count). The fourth-order valence-electron chi connectivity index (χ4n) is 11.5. The summed E-state index contributed by atoms with van der Waals surface area (Å²) < 4.78 is 16.4. The second kappa shape index (κ2) is 14.5. The first kappa shape index (κ1) is 39.1. The Morgan fingerprint density at radius 1 is 0.486 bits per heavy atom. The van der Waals surface area contributed by atoms with E-state index in [-0.39, 0.29) is 0 Å². The largest absolute Gasteiger partial charge is 0.454 e. The van der Waals surface area contributed by atoms with E-state index >= 15 is 0 Å². The van der Waals surface area contributed by atoms with Gasteiger partial charge in [-0.3, -0.25) is 0 Å². The molecule has 15 aromatic rings. The minimum Gasteiger partial charge on any atom is -0.454 e. The molecule has 5 nitrogen and oxygen atoms in total. The molecule has 0 saturated heterocycles. The van der Waals surface area contributed by atoms with Gasteiger partial charge >= 0.3 is 0 Å². The molecule has 0 bridgehead atoms. The number of benzene rings is 10. The molecule has 0 radical (unpaired) electrons. The molecule has 0 aliphatic carbocycles. The molecule has 70 heavy (non-hydrogen) atoms. The van der Waals surface area contributed by atoms with Gasteiger partial charge in [0.05, 0.1) is 55.0 Å². The molecule has 10 aromatic carbocycles. The number of para-hydroxylation sites is 1. The molecule has 5 heterocycles. The van der Waals surface area contributed by atoms with Crippen LogP contribution in [0, 0.1) is 24.8 Å². The van der Waals surface area contributed by atoms with Crippen LogP contribution in [0.25, 0.3) is 144 Å². The lowest BCUT2D eigenvalue weighted by Gasteiger charge is -2.26. The molecule has 0 spiro atoms. The van der Waals surface area contributed by atoms with Gasteiger partial charge in [-0.15, -0.1) is 22.7 Å². The van der Waals surface area contributed by atoms with Gasteiger partial charge < -0.3 is 13.6 Å². The zero-order valence-electron chi connectivity index (χ0n) is 37.4. The lowest BCUT2D eigenvalue weighted by atomic mass is 9.88. The summed E-state index contributed by atoms with van der Waals surface area (Å²) in [5.74, 6) is 0. The Balaban J connectivity index is 1.27. The normalized spacial score (nSPS) is 12.0. The van der Waals surface area contributed by atoms with Crippen molar-refractivity contribution in [2.24, 2.45) is 0 Å². The van der Waals surface area contributed by atoms with Crippen molar-refractivity contribution in [3.8, 4) is 39.7 Å². The van der Waals surface area contributed by atoms with Crippen molar-refractivity contribution in [1.82, 2.24) is 9.13 Å². The monoisotopic (exact) mass is 926 g/mol. The molecule has 5 aromatic heterocycles. The number of nitrogens with zero attached hydrogens (tertiary/aromatic N) is 4. The third-order valence-electron chi connectivity index (χ3n) is 14.4. The Hall–Kier alpha value is -8.98. The van der Waals surface area contributed by atoms with E-state index in [9.17, 15) is 11.8 Å². The topological polar surface area (TPSA) is 51.1 Å². The third kappa shape index (κ3) is 5.17. The number of furan rings is 1. The summed E-state index contributed by atoms with van der Waals surface area (Å²) in [6, 6.07) is 68.9. The Morgan fingerprint density at radius 3 is 1.61 bits per heavy atom. The summed E-state index contributed by atoms with van der Waals surface area (Å²) >= 11 is 3.59. The number of aryl methyl sites for hydroxylation is 1. The Bertz CT molecular complexity index is 4730. The highest BCUT2D eigenvalue weighted by Gasteiger charge is 2.33. The predicted molar refractivity (Wildman–Crippen MR) is 295 cm³/mol. The highest BCUT2D eigenvalue weighted by atomic mass is 32.1. The number of nitriles is 1. The van der Waals surface area contributed by atoms with Gasteiger partial charge in [-0.25, -0.2) is 4.85 Å². The van der Waals surface area contributed by atoms with Gasteiger partial charge in [0.25, 0.3) is 0 Å². The van der Waals surface area contributed by atoms with Crippen molar-refractivity contribution in [2.45, 2.75) is 6.92 Å². The number of aromatic nitrogens is 2. The number of rotatable bonds is 4. The highest BCUT2D eigenvalue weighted by molar-refractivity contribution is 7.27. The van der Waals surface area contributed by atoms with Crippen LogP contribution in [0.4, 0.5) is 5.69 Å². The molecule has 0 atom stereocenters. The Kier molecular flexibility index (Phi) is 8.10. The summed E-state index contributed by atoms with van der Waals surface area (Å²) in [6.07, 6.45) is 0. The van der Waals surface area contributed by atoms with Gasteiger partial charge in [0.1, 0.15) is 11.7 Å². The molecule has 0 aliphatic heterocycles. The van der Waals surface area contributed by atoms with Crippen LogP contribution in [0.15, 0.2) is 192 Å². The van der Waals surface area contributed by atoms with Gasteiger partial charge in [0.2, 0.25) is 5.69 Å². The van der Waals surface area contributed by atoms with Crippen LogP contribution in [-0.2, 0) is 0 Å². The third-order valence-corrected chi connectivity index (χ3v) is 16.8. The van der Waals surface area contributed by atoms with Crippen LogP contribution in [0.2, 0.25) is 0 Å². The fraction of sp³-hybridized carbons (Fsp3) is 0.0159. The van der Waals surface area contributed by atoms with E-state index in [1.165, 1.54) is 20.2 Å². The van der Waals surface area contributed by atoms with E-state index in [0.717, 1.165) is 114 Å². The fourth-order valence-corrected chi connectivity index (χ4v) is 14.0. The van der Waals surface area contributed by atoms with Gasteiger partial charge in [-0.05, 0) is 53.9 Å². The number of hydrogen-bond donors (Lipinski definition) is 0. The molecule has 0 saturated carbocycles. The molecule has 0 amide bonds.